The van der Waals surface area contributed by atoms with Crippen molar-refractivity contribution in [2.75, 3.05) is 18.2 Å². The number of methoxy groups -OCH3 is 1. The summed E-state index contributed by atoms with van der Waals surface area (Å²) in [5.74, 6) is -6.16. The Hall–Kier alpha value is -2.13. The average Bonchev–Trinajstić information content (AvgIpc) is 2.27. The minimum Gasteiger partial charge on any atom is -0.497 e. The molecule has 4 nitrogen and oxygen atoms in total. The van der Waals surface area contributed by atoms with Crippen LogP contribution in [0.15, 0.2) is 18.2 Å². The Morgan fingerprint density at radius 3 is 2.10 bits per heavy atom. The summed E-state index contributed by atoms with van der Waals surface area (Å²) in [5.41, 5.74) is 4.80. The van der Waals surface area contributed by atoms with Crippen molar-refractivity contribution >= 4 is 17.3 Å². The summed E-state index contributed by atoms with van der Waals surface area (Å²) in [4.78, 5) is 11.3. The standard InChI is InChI=1S/C11H10F6N2O2/c1-21-5-2-3-7(6(18)4-5)19-9(20)8(10(12,13)14)11(15,16)17/h2-4,8H,18H2,1H3,(H,19,20). The van der Waals surface area contributed by atoms with E-state index in [9.17, 15) is 31.1 Å². The highest BCUT2D eigenvalue weighted by atomic mass is 19.4. The Morgan fingerprint density at radius 2 is 1.71 bits per heavy atom. The van der Waals surface area contributed by atoms with E-state index in [1.54, 1.807) is 0 Å². The lowest BCUT2D eigenvalue weighted by atomic mass is 10.1. The zero-order valence-electron chi connectivity index (χ0n) is 10.5. The fourth-order valence-electron chi connectivity index (χ4n) is 1.47. The molecule has 0 aromatic heterocycles. The third kappa shape index (κ3) is 4.17. The number of alkyl halides is 6. The zero-order valence-corrected chi connectivity index (χ0v) is 10.5. The third-order valence-electron chi connectivity index (χ3n) is 2.43. The van der Waals surface area contributed by atoms with Gasteiger partial charge in [-0.25, -0.2) is 0 Å². The third-order valence-corrected chi connectivity index (χ3v) is 2.43. The van der Waals surface area contributed by atoms with E-state index in [0.29, 0.717) is 0 Å². The van der Waals surface area contributed by atoms with Crippen LogP contribution in [0.1, 0.15) is 0 Å². The van der Waals surface area contributed by atoms with E-state index in [4.69, 9.17) is 10.5 Å². The molecule has 3 N–H and O–H groups in total. The van der Waals surface area contributed by atoms with Crippen LogP contribution in [-0.4, -0.2) is 25.4 Å². The Kier molecular flexibility index (Phi) is 4.59. The Bertz CT molecular complexity index is 512. The van der Waals surface area contributed by atoms with E-state index < -0.39 is 24.2 Å². The maximum Gasteiger partial charge on any atom is 0.409 e. The SMILES string of the molecule is COc1ccc(NC(=O)C(C(F)(F)F)C(F)(F)F)c(N)c1. The van der Waals surface area contributed by atoms with Gasteiger partial charge >= 0.3 is 12.4 Å². The van der Waals surface area contributed by atoms with Crippen molar-refractivity contribution in [2.45, 2.75) is 12.4 Å². The molecule has 1 amide bonds. The lowest BCUT2D eigenvalue weighted by Gasteiger charge is -2.22. The molecular weight excluding hydrogens is 306 g/mol. The highest BCUT2D eigenvalue weighted by Crippen LogP contribution is 2.40. The predicted molar refractivity (Wildman–Crippen MR) is 61.6 cm³/mol. The number of nitrogens with two attached hydrogens (primary N) is 1. The van der Waals surface area contributed by atoms with Gasteiger partial charge in [0.05, 0.1) is 18.5 Å². The van der Waals surface area contributed by atoms with Crippen LogP contribution in [0.4, 0.5) is 37.7 Å². The van der Waals surface area contributed by atoms with E-state index in [0.717, 1.165) is 12.1 Å². The van der Waals surface area contributed by atoms with Gasteiger partial charge in [-0.15, -0.1) is 0 Å². The monoisotopic (exact) mass is 316 g/mol. The van der Waals surface area contributed by atoms with Crippen molar-refractivity contribution in [3.05, 3.63) is 18.2 Å². The van der Waals surface area contributed by atoms with Crippen molar-refractivity contribution in [1.82, 2.24) is 0 Å². The number of carbonyl (C=O) groups is 1. The van der Waals surface area contributed by atoms with Gasteiger partial charge in [-0.05, 0) is 12.1 Å². The van der Waals surface area contributed by atoms with Crippen LogP contribution in [0.5, 0.6) is 5.75 Å². The molecule has 0 spiro atoms. The second-order valence-corrected chi connectivity index (χ2v) is 3.96. The lowest BCUT2D eigenvalue weighted by Crippen LogP contribution is -2.45. The van der Waals surface area contributed by atoms with Crippen molar-refractivity contribution in [3.63, 3.8) is 0 Å². The number of amides is 1. The number of benzene rings is 1. The largest absolute Gasteiger partial charge is 0.497 e. The van der Waals surface area contributed by atoms with Crippen molar-refractivity contribution < 1.29 is 35.9 Å². The minimum atomic E-state index is -5.76. The van der Waals surface area contributed by atoms with Crippen LogP contribution in [0.2, 0.25) is 0 Å². The average molecular weight is 316 g/mol. The number of halogens is 6. The molecule has 0 aliphatic heterocycles. The highest BCUT2D eigenvalue weighted by Gasteiger charge is 2.61. The van der Waals surface area contributed by atoms with Gasteiger partial charge in [0.2, 0.25) is 11.8 Å². The minimum absolute atomic E-state index is 0.230. The van der Waals surface area contributed by atoms with Crippen LogP contribution in [0.3, 0.4) is 0 Å². The number of hydrogen-bond donors (Lipinski definition) is 2. The van der Waals surface area contributed by atoms with Crippen molar-refractivity contribution in [3.8, 4) is 5.75 Å². The molecule has 118 valence electrons. The number of hydrogen-bond acceptors (Lipinski definition) is 3. The number of carbonyl (C=O) groups excluding carboxylic acids is 1. The second kappa shape index (κ2) is 5.70. The first kappa shape index (κ1) is 16.9. The molecule has 0 saturated heterocycles. The highest BCUT2D eigenvalue weighted by molar-refractivity contribution is 5.96. The number of nitrogen functional groups attached to an aromatic ring is 1. The summed E-state index contributed by atoms with van der Waals surface area (Å²) >= 11 is 0. The molecule has 0 fully saturated rings. The molecule has 0 aliphatic rings. The number of rotatable bonds is 3. The van der Waals surface area contributed by atoms with Crippen LogP contribution in [0, 0.1) is 5.92 Å². The summed E-state index contributed by atoms with van der Waals surface area (Å²) in [7, 11) is 1.29. The van der Waals surface area contributed by atoms with Crippen molar-refractivity contribution in [2.24, 2.45) is 5.92 Å². The van der Waals surface area contributed by atoms with E-state index in [-0.39, 0.29) is 17.1 Å². The van der Waals surface area contributed by atoms with Gasteiger partial charge in [-0.2, -0.15) is 26.3 Å². The van der Waals surface area contributed by atoms with Gasteiger partial charge in [-0.3, -0.25) is 4.79 Å². The van der Waals surface area contributed by atoms with Crippen LogP contribution < -0.4 is 15.8 Å². The molecule has 1 rings (SSSR count). The molecule has 0 atom stereocenters. The van der Waals surface area contributed by atoms with Crippen LogP contribution in [0.25, 0.3) is 0 Å². The predicted octanol–water partition coefficient (Wildman–Crippen LogP) is 2.96. The van der Waals surface area contributed by atoms with E-state index in [2.05, 4.69) is 0 Å². The van der Waals surface area contributed by atoms with Gasteiger partial charge in [0.25, 0.3) is 0 Å². The first-order valence-electron chi connectivity index (χ1n) is 5.34. The van der Waals surface area contributed by atoms with E-state index >= 15 is 0 Å². The molecule has 0 aliphatic carbocycles. The zero-order chi connectivity index (χ0) is 16.4. The van der Waals surface area contributed by atoms with Gasteiger partial charge in [0, 0.05) is 6.07 Å². The van der Waals surface area contributed by atoms with Gasteiger partial charge < -0.3 is 15.8 Å². The molecule has 10 heteroatoms. The van der Waals surface area contributed by atoms with Crippen molar-refractivity contribution in [1.29, 1.82) is 0 Å². The van der Waals surface area contributed by atoms with Crippen LogP contribution >= 0.6 is 0 Å². The molecular formula is C11H10F6N2O2. The Labute approximate surface area is 114 Å². The maximum atomic E-state index is 12.4. The fraction of sp³-hybridized carbons (Fsp3) is 0.364. The van der Waals surface area contributed by atoms with Gasteiger partial charge in [-0.1, -0.05) is 0 Å². The first-order chi connectivity index (χ1) is 9.46. The summed E-state index contributed by atoms with van der Waals surface area (Å²) in [6.45, 7) is 0. The molecule has 0 heterocycles. The Balaban J connectivity index is 3.03. The summed E-state index contributed by atoms with van der Waals surface area (Å²) in [6, 6.07) is 3.41. The smallest absolute Gasteiger partial charge is 0.409 e. The van der Waals surface area contributed by atoms with E-state index in [1.807, 2.05) is 0 Å². The summed E-state index contributed by atoms with van der Waals surface area (Å²) in [6.07, 6.45) is -11.5. The normalized spacial score (nSPS) is 12.4. The first-order valence-corrected chi connectivity index (χ1v) is 5.34. The van der Waals surface area contributed by atoms with Gasteiger partial charge in [0.15, 0.2) is 0 Å². The number of nitrogens with one attached hydrogen (secondary N) is 1. The maximum absolute atomic E-state index is 12.4. The summed E-state index contributed by atoms with van der Waals surface area (Å²) in [5, 5.41) is 1.52. The molecule has 0 unspecified atom stereocenters. The second-order valence-electron chi connectivity index (χ2n) is 3.96. The topological polar surface area (TPSA) is 64.3 Å². The van der Waals surface area contributed by atoms with E-state index in [1.165, 1.54) is 18.5 Å². The quantitative estimate of drug-likeness (QED) is 0.665. The molecule has 1 aromatic rings. The molecule has 21 heavy (non-hydrogen) atoms. The Morgan fingerprint density at radius 1 is 1.19 bits per heavy atom. The number of anilines is 2. The molecule has 0 saturated carbocycles. The molecule has 0 radical (unpaired) electrons. The number of ether oxygens (including phenoxy) is 1. The molecule has 0 bridgehead atoms. The molecule has 1 aromatic carbocycles. The van der Waals surface area contributed by atoms with Crippen LogP contribution in [-0.2, 0) is 4.79 Å². The summed E-state index contributed by atoms with van der Waals surface area (Å²) < 4.78 is 78.9. The fourth-order valence-corrected chi connectivity index (χ4v) is 1.47. The lowest BCUT2D eigenvalue weighted by molar-refractivity contribution is -0.272. The van der Waals surface area contributed by atoms with Gasteiger partial charge in [0.1, 0.15) is 5.75 Å².